The number of aryl methyl sites for hydroxylation is 2. The molecular weight excluding hydrogens is 610 g/mol. The summed E-state index contributed by atoms with van der Waals surface area (Å²) in [5.74, 6) is -0.782. The van der Waals surface area contributed by atoms with Gasteiger partial charge in [0.1, 0.15) is 18.8 Å². The number of nitrogens with zero attached hydrogens (tertiary/aromatic N) is 2. The molecule has 8 heteroatoms. The molecule has 3 amide bonds. The predicted molar refractivity (Wildman–Crippen MR) is 196 cm³/mol. The van der Waals surface area contributed by atoms with Crippen LogP contribution in [0.4, 0.5) is 17.1 Å². The number of pyridine rings is 2. The standard InChI is InChI=1S/C41H45N5O3/c1-3-5-7-9-25-45-26-12-14-37(30-45)44-41(49)33-19-21-35(22-20-33)42-39(47)31-15-17-32(18-16-31)40(48)43-36-23-24-38-34(29-36)13-11-28-46(38)27-10-8-6-4-2/h11-24,26,28-30H,3-10,25,27H2,1-2H3,(H-2,42,43,44,47,48,49)/p+2. The summed E-state index contributed by atoms with van der Waals surface area (Å²) in [7, 11) is 0. The Balaban J connectivity index is 1.13. The van der Waals surface area contributed by atoms with Crippen molar-refractivity contribution in [2.75, 3.05) is 16.0 Å². The normalized spacial score (nSPS) is 10.9. The summed E-state index contributed by atoms with van der Waals surface area (Å²) in [4.78, 5) is 38.8. The SMILES string of the molecule is CCCCCC[n+]1cccc(NC(=O)c2ccc(NC(=O)c3ccc(C(=O)Nc4ccc5c(ccc[n+]5CCCCCC)c4)cc3)cc2)c1. The van der Waals surface area contributed by atoms with Crippen molar-refractivity contribution in [2.24, 2.45) is 0 Å². The van der Waals surface area contributed by atoms with E-state index < -0.39 is 0 Å². The van der Waals surface area contributed by atoms with Crippen molar-refractivity contribution < 1.29 is 23.5 Å². The molecule has 2 aromatic heterocycles. The Labute approximate surface area is 289 Å². The Bertz CT molecular complexity index is 1870. The highest BCUT2D eigenvalue weighted by molar-refractivity contribution is 6.08. The molecule has 8 nitrogen and oxygen atoms in total. The Morgan fingerprint density at radius 2 is 1.06 bits per heavy atom. The Kier molecular flexibility index (Phi) is 12.6. The maximum Gasteiger partial charge on any atom is 0.255 e. The Morgan fingerprint density at radius 3 is 1.69 bits per heavy atom. The molecule has 0 bridgehead atoms. The number of aromatic nitrogens is 2. The molecule has 0 atom stereocenters. The molecule has 3 N–H and O–H groups in total. The molecule has 0 spiro atoms. The van der Waals surface area contributed by atoms with Crippen LogP contribution in [0.3, 0.4) is 0 Å². The van der Waals surface area contributed by atoms with Crippen molar-refractivity contribution in [1.82, 2.24) is 0 Å². The lowest BCUT2D eigenvalue weighted by Gasteiger charge is -2.09. The van der Waals surface area contributed by atoms with Crippen LogP contribution in [0.1, 0.15) is 96.3 Å². The fourth-order valence-corrected chi connectivity index (χ4v) is 5.81. The lowest BCUT2D eigenvalue weighted by Crippen LogP contribution is -2.34. The molecule has 0 saturated heterocycles. The molecule has 2 heterocycles. The fourth-order valence-electron chi connectivity index (χ4n) is 5.81. The molecule has 0 aliphatic heterocycles. The number of rotatable bonds is 16. The zero-order chi connectivity index (χ0) is 34.4. The number of carbonyl (C=O) groups is 3. The number of anilines is 3. The van der Waals surface area contributed by atoms with Crippen LogP contribution < -0.4 is 25.1 Å². The van der Waals surface area contributed by atoms with E-state index in [9.17, 15) is 14.4 Å². The van der Waals surface area contributed by atoms with E-state index in [1.54, 1.807) is 48.5 Å². The summed E-state index contributed by atoms with van der Waals surface area (Å²) in [6.45, 7) is 6.30. The average Bonchev–Trinajstić information content (AvgIpc) is 3.12. The van der Waals surface area contributed by atoms with Gasteiger partial charge in [0.2, 0.25) is 5.52 Å². The topological polar surface area (TPSA) is 95.1 Å². The molecule has 0 radical (unpaired) electrons. The van der Waals surface area contributed by atoms with Gasteiger partial charge in [-0.25, -0.2) is 4.57 Å². The van der Waals surface area contributed by atoms with Crippen LogP contribution in [-0.2, 0) is 13.1 Å². The average molecular weight is 658 g/mol. The summed E-state index contributed by atoms with van der Waals surface area (Å²) in [6.07, 6.45) is 15.6. The molecule has 252 valence electrons. The zero-order valence-electron chi connectivity index (χ0n) is 28.6. The van der Waals surface area contributed by atoms with Crippen molar-refractivity contribution in [3.63, 3.8) is 0 Å². The van der Waals surface area contributed by atoms with Crippen LogP contribution >= 0.6 is 0 Å². The van der Waals surface area contributed by atoms with Crippen LogP contribution in [0.5, 0.6) is 0 Å². The maximum atomic E-state index is 13.0. The van der Waals surface area contributed by atoms with Crippen molar-refractivity contribution in [3.8, 4) is 0 Å². The van der Waals surface area contributed by atoms with Crippen LogP contribution in [-0.4, -0.2) is 17.7 Å². The number of hydrogen-bond donors (Lipinski definition) is 3. The van der Waals surface area contributed by atoms with E-state index in [1.165, 1.54) is 38.5 Å². The van der Waals surface area contributed by atoms with Gasteiger partial charge in [-0.1, -0.05) is 39.5 Å². The van der Waals surface area contributed by atoms with Gasteiger partial charge in [0, 0.05) is 64.5 Å². The lowest BCUT2D eigenvalue weighted by atomic mass is 10.1. The summed E-state index contributed by atoms with van der Waals surface area (Å²) in [5.41, 5.74) is 4.50. The maximum absolute atomic E-state index is 13.0. The van der Waals surface area contributed by atoms with Crippen molar-refractivity contribution >= 4 is 45.7 Å². The first kappa shape index (κ1) is 35.0. The van der Waals surface area contributed by atoms with Crippen molar-refractivity contribution in [1.29, 1.82) is 0 Å². The third-order valence-corrected chi connectivity index (χ3v) is 8.59. The van der Waals surface area contributed by atoms with Crippen LogP contribution in [0.2, 0.25) is 0 Å². The van der Waals surface area contributed by atoms with E-state index >= 15 is 0 Å². The highest BCUT2D eigenvalue weighted by Gasteiger charge is 2.14. The second kappa shape index (κ2) is 17.7. The first-order chi connectivity index (χ1) is 23.9. The van der Waals surface area contributed by atoms with Gasteiger partial charge in [-0.15, -0.1) is 0 Å². The van der Waals surface area contributed by atoms with Gasteiger partial charge in [-0.3, -0.25) is 14.4 Å². The number of unbranched alkanes of at least 4 members (excludes halogenated alkanes) is 6. The Morgan fingerprint density at radius 1 is 0.531 bits per heavy atom. The van der Waals surface area contributed by atoms with Gasteiger partial charge in [0.25, 0.3) is 17.7 Å². The molecule has 0 aliphatic carbocycles. The molecular formula is C41H47N5O3+2. The van der Waals surface area contributed by atoms with E-state index in [1.807, 2.05) is 48.8 Å². The predicted octanol–water partition coefficient (Wildman–Crippen LogP) is 8.33. The summed E-state index contributed by atoms with van der Waals surface area (Å²) in [5, 5.41) is 9.86. The highest BCUT2D eigenvalue weighted by Crippen LogP contribution is 2.19. The first-order valence-electron chi connectivity index (χ1n) is 17.5. The molecule has 49 heavy (non-hydrogen) atoms. The zero-order valence-corrected chi connectivity index (χ0v) is 28.6. The van der Waals surface area contributed by atoms with Crippen molar-refractivity contribution in [2.45, 2.75) is 78.3 Å². The second-order valence-electron chi connectivity index (χ2n) is 12.4. The monoisotopic (exact) mass is 657 g/mol. The number of benzene rings is 3. The number of fused-ring (bicyclic) bond motifs is 1. The minimum absolute atomic E-state index is 0.222. The van der Waals surface area contributed by atoms with E-state index in [0.29, 0.717) is 28.1 Å². The summed E-state index contributed by atoms with van der Waals surface area (Å²) in [6, 6.07) is 27.2. The van der Waals surface area contributed by atoms with E-state index in [-0.39, 0.29) is 17.7 Å². The minimum atomic E-state index is -0.311. The third kappa shape index (κ3) is 10.1. The number of nitrogens with one attached hydrogen (secondary N) is 3. The van der Waals surface area contributed by atoms with Gasteiger partial charge in [-0.2, -0.15) is 4.57 Å². The summed E-state index contributed by atoms with van der Waals surface area (Å²) < 4.78 is 4.36. The summed E-state index contributed by atoms with van der Waals surface area (Å²) >= 11 is 0. The van der Waals surface area contributed by atoms with E-state index in [4.69, 9.17) is 0 Å². The van der Waals surface area contributed by atoms with Gasteiger partial charge in [0.15, 0.2) is 18.6 Å². The number of carbonyl (C=O) groups excluding carboxylic acids is 3. The number of hydrogen-bond acceptors (Lipinski definition) is 3. The van der Waals surface area contributed by atoms with Gasteiger partial charge < -0.3 is 16.0 Å². The van der Waals surface area contributed by atoms with Gasteiger partial charge >= 0.3 is 0 Å². The molecule has 0 fully saturated rings. The highest BCUT2D eigenvalue weighted by atomic mass is 16.2. The largest absolute Gasteiger partial charge is 0.322 e. The van der Waals surface area contributed by atoms with E-state index in [0.717, 1.165) is 42.5 Å². The smallest absolute Gasteiger partial charge is 0.255 e. The van der Waals surface area contributed by atoms with Crippen LogP contribution in [0.25, 0.3) is 10.9 Å². The Hall–Kier alpha value is -5.37. The first-order valence-corrected chi connectivity index (χ1v) is 17.5. The molecule has 5 aromatic rings. The molecule has 0 aliphatic rings. The van der Waals surface area contributed by atoms with Crippen LogP contribution in [0.15, 0.2) is 110 Å². The molecule has 3 aromatic carbocycles. The van der Waals surface area contributed by atoms with Crippen LogP contribution in [0, 0.1) is 0 Å². The third-order valence-electron chi connectivity index (χ3n) is 8.59. The fraction of sp³-hybridized carbons (Fsp3) is 0.293. The molecule has 0 unspecified atom stereocenters. The minimum Gasteiger partial charge on any atom is -0.322 e. The lowest BCUT2D eigenvalue weighted by molar-refractivity contribution is -0.696. The van der Waals surface area contributed by atoms with Crippen molar-refractivity contribution in [3.05, 3.63) is 126 Å². The molecule has 5 rings (SSSR count). The van der Waals surface area contributed by atoms with E-state index in [2.05, 4.69) is 51.2 Å². The second-order valence-corrected chi connectivity index (χ2v) is 12.4. The quantitative estimate of drug-likeness (QED) is 0.0736. The van der Waals surface area contributed by atoms with Gasteiger partial charge in [-0.05, 0) is 85.6 Å². The molecule has 0 saturated carbocycles. The van der Waals surface area contributed by atoms with Gasteiger partial charge in [0.05, 0.1) is 0 Å². The number of amides is 3.